The lowest BCUT2D eigenvalue weighted by molar-refractivity contribution is -0.116. The lowest BCUT2D eigenvalue weighted by atomic mass is 10.1. The largest absolute Gasteiger partial charge is 0.325 e. The number of thiophene rings is 1. The molecule has 0 bridgehead atoms. The van der Waals surface area contributed by atoms with Crippen LogP contribution < -0.4 is 5.32 Å². The van der Waals surface area contributed by atoms with Crippen molar-refractivity contribution in [2.24, 2.45) is 0 Å². The molecule has 0 aliphatic heterocycles. The quantitative estimate of drug-likeness (QED) is 0.692. The van der Waals surface area contributed by atoms with Gasteiger partial charge in [-0.25, -0.2) is 4.39 Å². The lowest BCUT2D eigenvalue weighted by Gasteiger charge is -2.10. The molecule has 0 unspecified atom stereocenters. The zero-order chi connectivity index (χ0) is 16.1. The predicted molar refractivity (Wildman–Crippen MR) is 93.1 cm³/mol. The van der Waals surface area contributed by atoms with Gasteiger partial charge < -0.3 is 5.32 Å². The van der Waals surface area contributed by atoms with Gasteiger partial charge in [-0.1, -0.05) is 42.5 Å². The molecule has 116 valence electrons. The zero-order valence-corrected chi connectivity index (χ0v) is 13.3. The smallest absolute Gasteiger partial charge is 0.224 e. The second-order valence-electron chi connectivity index (χ2n) is 5.16. The normalized spacial score (nSPS) is 10.5. The van der Waals surface area contributed by atoms with Gasteiger partial charge in [-0.2, -0.15) is 0 Å². The van der Waals surface area contributed by atoms with E-state index < -0.39 is 0 Å². The van der Waals surface area contributed by atoms with Gasteiger partial charge in [0, 0.05) is 22.5 Å². The Morgan fingerprint density at radius 3 is 2.57 bits per heavy atom. The van der Waals surface area contributed by atoms with Crippen molar-refractivity contribution in [2.45, 2.75) is 12.8 Å². The number of halogens is 1. The fourth-order valence-electron chi connectivity index (χ4n) is 2.40. The maximum atomic E-state index is 13.6. The van der Waals surface area contributed by atoms with E-state index in [2.05, 4.69) is 5.32 Å². The van der Waals surface area contributed by atoms with Gasteiger partial charge in [-0.05, 0) is 35.6 Å². The average Bonchev–Trinajstić information content (AvgIpc) is 3.09. The number of carbonyl (C=O) groups excluding carboxylic acids is 1. The summed E-state index contributed by atoms with van der Waals surface area (Å²) < 4.78 is 13.6. The molecule has 0 radical (unpaired) electrons. The molecule has 3 aromatic rings. The molecule has 0 atom stereocenters. The molecule has 3 rings (SSSR count). The van der Waals surface area contributed by atoms with Gasteiger partial charge in [-0.15, -0.1) is 11.3 Å². The van der Waals surface area contributed by atoms with E-state index in [0.29, 0.717) is 12.0 Å². The SMILES string of the molecule is O=C(CCc1ccccc1F)Nc1ccccc1-c1cccs1. The summed E-state index contributed by atoms with van der Waals surface area (Å²) >= 11 is 1.63. The zero-order valence-electron chi connectivity index (χ0n) is 12.5. The number of anilines is 1. The first kappa shape index (κ1) is 15.4. The first-order valence-electron chi connectivity index (χ1n) is 7.40. The molecule has 0 saturated carbocycles. The summed E-state index contributed by atoms with van der Waals surface area (Å²) in [5, 5.41) is 4.94. The second-order valence-corrected chi connectivity index (χ2v) is 6.11. The number of rotatable bonds is 5. The van der Waals surface area contributed by atoms with Gasteiger partial charge in [0.25, 0.3) is 0 Å². The molecular weight excluding hydrogens is 309 g/mol. The molecule has 23 heavy (non-hydrogen) atoms. The van der Waals surface area contributed by atoms with Crippen LogP contribution in [-0.2, 0) is 11.2 Å². The Bertz CT molecular complexity index is 799. The minimum absolute atomic E-state index is 0.114. The predicted octanol–water partition coefficient (Wildman–Crippen LogP) is 5.13. The summed E-state index contributed by atoms with van der Waals surface area (Å²) in [5.41, 5.74) is 2.35. The molecule has 0 aliphatic rings. The number of amides is 1. The fourth-order valence-corrected chi connectivity index (χ4v) is 3.17. The second kappa shape index (κ2) is 7.20. The van der Waals surface area contributed by atoms with Gasteiger partial charge in [0.2, 0.25) is 5.91 Å². The third kappa shape index (κ3) is 3.85. The highest BCUT2D eigenvalue weighted by molar-refractivity contribution is 7.13. The first-order valence-corrected chi connectivity index (χ1v) is 8.28. The monoisotopic (exact) mass is 325 g/mol. The summed E-state index contributed by atoms with van der Waals surface area (Å²) in [6.45, 7) is 0. The molecule has 1 amide bonds. The Hall–Kier alpha value is -2.46. The van der Waals surface area contributed by atoms with Crippen LogP contribution in [0.15, 0.2) is 66.0 Å². The van der Waals surface area contributed by atoms with Gasteiger partial charge in [0.1, 0.15) is 5.82 Å². The van der Waals surface area contributed by atoms with Crippen LogP contribution in [0, 0.1) is 5.82 Å². The minimum atomic E-state index is -0.265. The van der Waals surface area contributed by atoms with E-state index in [1.807, 2.05) is 41.8 Å². The minimum Gasteiger partial charge on any atom is -0.325 e. The molecular formula is C19H16FNOS. The topological polar surface area (TPSA) is 29.1 Å². The average molecular weight is 325 g/mol. The van der Waals surface area contributed by atoms with E-state index in [1.165, 1.54) is 6.07 Å². The van der Waals surface area contributed by atoms with Crippen LogP contribution in [0.5, 0.6) is 0 Å². The Kier molecular flexibility index (Phi) is 4.83. The highest BCUT2D eigenvalue weighted by Crippen LogP contribution is 2.31. The number of hydrogen-bond donors (Lipinski definition) is 1. The number of para-hydroxylation sites is 1. The summed E-state index contributed by atoms with van der Waals surface area (Å²) in [4.78, 5) is 13.3. The van der Waals surface area contributed by atoms with Gasteiger partial charge >= 0.3 is 0 Å². The van der Waals surface area contributed by atoms with Crippen molar-refractivity contribution < 1.29 is 9.18 Å². The molecule has 2 nitrogen and oxygen atoms in total. The van der Waals surface area contributed by atoms with Crippen LogP contribution in [0.2, 0.25) is 0 Å². The van der Waals surface area contributed by atoms with Crippen molar-refractivity contribution in [3.8, 4) is 10.4 Å². The van der Waals surface area contributed by atoms with Crippen molar-refractivity contribution in [3.63, 3.8) is 0 Å². The summed E-state index contributed by atoms with van der Waals surface area (Å²) in [7, 11) is 0. The van der Waals surface area contributed by atoms with Crippen molar-refractivity contribution >= 4 is 22.9 Å². The highest BCUT2D eigenvalue weighted by atomic mass is 32.1. The van der Waals surface area contributed by atoms with Gasteiger partial charge in [0.15, 0.2) is 0 Å². The van der Waals surface area contributed by atoms with Crippen molar-refractivity contribution in [2.75, 3.05) is 5.32 Å². The molecule has 2 aromatic carbocycles. The van der Waals surface area contributed by atoms with Crippen LogP contribution in [-0.4, -0.2) is 5.91 Å². The van der Waals surface area contributed by atoms with Gasteiger partial charge in [0.05, 0.1) is 0 Å². The van der Waals surface area contributed by atoms with Crippen LogP contribution in [0.3, 0.4) is 0 Å². The van der Waals surface area contributed by atoms with E-state index in [9.17, 15) is 9.18 Å². The molecule has 0 aliphatic carbocycles. The van der Waals surface area contributed by atoms with E-state index >= 15 is 0 Å². The maximum Gasteiger partial charge on any atom is 0.224 e. The maximum absolute atomic E-state index is 13.6. The third-order valence-corrected chi connectivity index (χ3v) is 4.47. The molecule has 0 saturated heterocycles. The van der Waals surface area contributed by atoms with Crippen LogP contribution in [0.4, 0.5) is 10.1 Å². The van der Waals surface area contributed by atoms with E-state index in [1.54, 1.807) is 29.5 Å². The summed E-state index contributed by atoms with van der Waals surface area (Å²) in [5.74, 6) is -0.378. The Morgan fingerprint density at radius 1 is 1.00 bits per heavy atom. The highest BCUT2D eigenvalue weighted by Gasteiger charge is 2.10. The number of carbonyl (C=O) groups is 1. The van der Waals surface area contributed by atoms with Crippen molar-refractivity contribution in [3.05, 3.63) is 77.4 Å². The van der Waals surface area contributed by atoms with Crippen LogP contribution >= 0.6 is 11.3 Å². The molecule has 0 spiro atoms. The van der Waals surface area contributed by atoms with Crippen LogP contribution in [0.25, 0.3) is 10.4 Å². The Balaban J connectivity index is 1.68. The van der Waals surface area contributed by atoms with Crippen molar-refractivity contribution in [1.29, 1.82) is 0 Å². The summed E-state index contributed by atoms with van der Waals surface area (Å²) in [6, 6.07) is 18.3. The number of benzene rings is 2. The molecule has 1 aromatic heterocycles. The van der Waals surface area contributed by atoms with E-state index in [-0.39, 0.29) is 18.1 Å². The Labute approximate surface area is 138 Å². The van der Waals surface area contributed by atoms with Gasteiger partial charge in [-0.3, -0.25) is 4.79 Å². The Morgan fingerprint density at radius 2 is 1.78 bits per heavy atom. The molecule has 1 N–H and O–H groups in total. The molecule has 0 fully saturated rings. The standard InChI is InChI=1S/C19H16FNOS/c20-16-8-3-1-6-14(16)11-12-19(22)21-17-9-4-2-7-15(17)18-10-5-13-23-18/h1-10,13H,11-12H2,(H,21,22). The van der Waals surface area contributed by atoms with Crippen molar-refractivity contribution in [1.82, 2.24) is 0 Å². The first-order chi connectivity index (χ1) is 11.2. The molecule has 4 heteroatoms. The van der Waals surface area contributed by atoms with Crippen LogP contribution in [0.1, 0.15) is 12.0 Å². The number of aryl methyl sites for hydroxylation is 1. The third-order valence-electron chi connectivity index (χ3n) is 3.57. The number of hydrogen-bond acceptors (Lipinski definition) is 2. The fraction of sp³-hybridized carbons (Fsp3) is 0.105. The number of nitrogens with one attached hydrogen (secondary N) is 1. The summed E-state index contributed by atoms with van der Waals surface area (Å²) in [6.07, 6.45) is 0.638. The van der Waals surface area contributed by atoms with E-state index in [4.69, 9.17) is 0 Å². The molecule has 1 heterocycles. The van der Waals surface area contributed by atoms with E-state index in [0.717, 1.165) is 16.1 Å². The lowest BCUT2D eigenvalue weighted by Crippen LogP contribution is -2.13.